The summed E-state index contributed by atoms with van der Waals surface area (Å²) in [6.07, 6.45) is 0. The molecule has 1 radical (unpaired) electrons. The second-order valence-electron chi connectivity index (χ2n) is 0.285. The standard InChI is InChI=1S/C2N2S.K/c3-1-5-2-4;. The van der Waals surface area contributed by atoms with Crippen molar-refractivity contribution in [3.8, 4) is 10.8 Å². The molecule has 6 heavy (non-hydrogen) atoms. The minimum Gasteiger partial charge on any atom is -0.184 e. The molecule has 0 saturated carbocycles. The maximum atomic E-state index is 7.56. The molecule has 2 nitrogen and oxygen atoms in total. The molecular weight excluding hydrogens is 123 g/mol. The predicted octanol–water partition coefficient (Wildman–Crippen LogP) is 0.301. The predicted molar refractivity (Wildman–Crippen MR) is 24.6 cm³/mol. The number of nitriles is 2. The van der Waals surface area contributed by atoms with Gasteiger partial charge < -0.3 is 0 Å². The van der Waals surface area contributed by atoms with Crippen molar-refractivity contribution in [1.82, 2.24) is 0 Å². The minimum atomic E-state index is 0. The molecule has 0 spiro atoms. The van der Waals surface area contributed by atoms with E-state index in [1.165, 1.54) is 0 Å². The maximum absolute atomic E-state index is 7.56. The molecular formula is C2KN2S. The zero-order chi connectivity index (χ0) is 4.12. The van der Waals surface area contributed by atoms with Crippen molar-refractivity contribution in [3.05, 3.63) is 0 Å². The molecule has 0 saturated heterocycles. The Morgan fingerprint density at radius 3 is 1.50 bits per heavy atom. The molecule has 25 valence electrons. The van der Waals surface area contributed by atoms with Gasteiger partial charge in [0.1, 0.15) is 10.8 Å². The normalized spacial score (nSPS) is 3.67. The molecule has 0 aromatic rings. The molecule has 0 aromatic carbocycles. The monoisotopic (exact) mass is 123 g/mol. The second kappa shape index (κ2) is 9.35. The Bertz CT molecular complexity index is 76.7. The molecule has 4 heteroatoms. The summed E-state index contributed by atoms with van der Waals surface area (Å²) in [6.45, 7) is 0. The molecule has 0 aliphatic heterocycles. The van der Waals surface area contributed by atoms with Gasteiger partial charge in [-0.1, -0.05) is 0 Å². The van der Waals surface area contributed by atoms with Gasteiger partial charge in [-0.15, -0.1) is 0 Å². The van der Waals surface area contributed by atoms with Crippen LogP contribution in [0.1, 0.15) is 0 Å². The summed E-state index contributed by atoms with van der Waals surface area (Å²) in [5.41, 5.74) is 0. The first kappa shape index (κ1) is 10.1. The quantitative estimate of drug-likeness (QED) is 0.344. The Balaban J connectivity index is 0. The van der Waals surface area contributed by atoms with Crippen molar-refractivity contribution < 1.29 is 0 Å². The smallest absolute Gasteiger partial charge is 0.149 e. The first-order chi connectivity index (χ1) is 2.41. The van der Waals surface area contributed by atoms with Crippen LogP contribution < -0.4 is 0 Å². The van der Waals surface area contributed by atoms with Crippen LogP contribution in [0, 0.1) is 21.3 Å². The van der Waals surface area contributed by atoms with E-state index in [1.807, 2.05) is 0 Å². The zero-order valence-corrected chi connectivity index (χ0v) is 7.24. The summed E-state index contributed by atoms with van der Waals surface area (Å²) in [7, 11) is 0. The van der Waals surface area contributed by atoms with E-state index in [9.17, 15) is 0 Å². The molecule has 0 aromatic heterocycles. The third kappa shape index (κ3) is 8.88. The van der Waals surface area contributed by atoms with Crippen molar-refractivity contribution in [3.63, 3.8) is 0 Å². The van der Waals surface area contributed by atoms with Gasteiger partial charge in [0.05, 0.1) is 11.8 Å². The van der Waals surface area contributed by atoms with Crippen LogP contribution in [0.3, 0.4) is 0 Å². The molecule has 0 bridgehead atoms. The number of hydrogen-bond donors (Lipinski definition) is 0. The number of rotatable bonds is 0. The fourth-order valence-corrected chi connectivity index (χ4v) is 0.0612. The fourth-order valence-electron chi connectivity index (χ4n) is 0.0204. The van der Waals surface area contributed by atoms with E-state index >= 15 is 0 Å². The molecule has 0 amide bonds. The Kier molecular flexibility index (Phi) is 15.7. The van der Waals surface area contributed by atoms with Crippen LogP contribution in [0.2, 0.25) is 0 Å². The van der Waals surface area contributed by atoms with Crippen LogP contribution in [0.4, 0.5) is 0 Å². The topological polar surface area (TPSA) is 47.6 Å². The van der Waals surface area contributed by atoms with E-state index in [0.29, 0.717) is 11.8 Å². The summed E-state index contributed by atoms with van der Waals surface area (Å²) in [5, 5.41) is 18.3. The molecule has 0 N–H and O–H groups in total. The molecule has 0 unspecified atom stereocenters. The van der Waals surface area contributed by atoms with E-state index in [0.717, 1.165) is 0 Å². The Morgan fingerprint density at radius 1 is 1.17 bits per heavy atom. The number of nitrogens with zero attached hydrogens (tertiary/aromatic N) is 2. The van der Waals surface area contributed by atoms with E-state index in [4.69, 9.17) is 10.5 Å². The molecule has 0 aliphatic rings. The van der Waals surface area contributed by atoms with Crippen molar-refractivity contribution in [1.29, 1.82) is 10.5 Å². The largest absolute Gasteiger partial charge is 0.184 e. The van der Waals surface area contributed by atoms with Gasteiger partial charge in [-0.3, -0.25) is 0 Å². The summed E-state index contributed by atoms with van der Waals surface area (Å²) in [5.74, 6) is 0. The fraction of sp³-hybridized carbons (Fsp3) is 0. The van der Waals surface area contributed by atoms with E-state index in [-0.39, 0.29) is 51.4 Å². The van der Waals surface area contributed by atoms with Crippen molar-refractivity contribution in [2.45, 2.75) is 0 Å². The zero-order valence-electron chi connectivity index (χ0n) is 3.30. The van der Waals surface area contributed by atoms with Gasteiger partial charge in [0.25, 0.3) is 0 Å². The molecule has 0 rings (SSSR count). The van der Waals surface area contributed by atoms with Crippen LogP contribution in [-0.2, 0) is 0 Å². The van der Waals surface area contributed by atoms with Gasteiger partial charge in [-0.25, -0.2) is 0 Å². The van der Waals surface area contributed by atoms with Gasteiger partial charge in [0.2, 0.25) is 0 Å². The van der Waals surface area contributed by atoms with E-state index in [2.05, 4.69) is 0 Å². The van der Waals surface area contributed by atoms with Crippen LogP contribution in [-0.4, -0.2) is 51.4 Å². The minimum absolute atomic E-state index is 0. The summed E-state index contributed by atoms with van der Waals surface area (Å²) in [6, 6.07) is 0. The number of thiocyanates is 2. The molecule has 0 atom stereocenters. The van der Waals surface area contributed by atoms with E-state index in [1.54, 1.807) is 10.8 Å². The van der Waals surface area contributed by atoms with Crippen LogP contribution in [0.5, 0.6) is 0 Å². The first-order valence-corrected chi connectivity index (χ1v) is 1.67. The van der Waals surface area contributed by atoms with Crippen molar-refractivity contribution >= 4 is 63.1 Å². The third-order valence-corrected chi connectivity index (χ3v) is 0.274. The van der Waals surface area contributed by atoms with Crippen LogP contribution >= 0.6 is 11.8 Å². The molecule has 0 fully saturated rings. The second-order valence-corrected chi connectivity index (χ2v) is 0.854. The molecule has 0 aliphatic carbocycles. The van der Waals surface area contributed by atoms with E-state index < -0.39 is 0 Å². The van der Waals surface area contributed by atoms with Gasteiger partial charge in [-0.05, 0) is 0 Å². The maximum Gasteiger partial charge on any atom is 0.149 e. The average molecular weight is 123 g/mol. The number of thioether (sulfide) groups is 1. The first-order valence-electron chi connectivity index (χ1n) is 0.855. The van der Waals surface area contributed by atoms with Crippen molar-refractivity contribution in [2.24, 2.45) is 0 Å². The Labute approximate surface area is 82.9 Å². The average Bonchev–Trinajstić information content (AvgIpc) is 1.41. The van der Waals surface area contributed by atoms with Gasteiger partial charge in [0, 0.05) is 51.4 Å². The summed E-state index contributed by atoms with van der Waals surface area (Å²) in [4.78, 5) is 0. The SMILES string of the molecule is N#CSC#N.[K]. The van der Waals surface area contributed by atoms with Crippen LogP contribution in [0.25, 0.3) is 0 Å². The Hall–Kier alpha value is 0.966. The van der Waals surface area contributed by atoms with Gasteiger partial charge in [-0.2, -0.15) is 10.5 Å². The van der Waals surface area contributed by atoms with Crippen molar-refractivity contribution in [2.75, 3.05) is 0 Å². The van der Waals surface area contributed by atoms with Gasteiger partial charge >= 0.3 is 0 Å². The Morgan fingerprint density at radius 2 is 1.50 bits per heavy atom. The third-order valence-electron chi connectivity index (χ3n) is 0.0913. The summed E-state index contributed by atoms with van der Waals surface area (Å²) < 4.78 is 0. The van der Waals surface area contributed by atoms with Gasteiger partial charge in [0.15, 0.2) is 0 Å². The number of hydrogen-bond acceptors (Lipinski definition) is 3. The van der Waals surface area contributed by atoms with Crippen LogP contribution in [0.15, 0.2) is 0 Å². The summed E-state index contributed by atoms with van der Waals surface area (Å²) >= 11 is 0.574. The molecule has 0 heterocycles.